The molecule has 8 heteroatoms. The molecule has 0 aliphatic heterocycles. The second kappa shape index (κ2) is 12.0. The number of nitrogens with zero attached hydrogens (tertiary/aromatic N) is 1. The highest BCUT2D eigenvalue weighted by Crippen LogP contribution is 2.20. The van der Waals surface area contributed by atoms with Gasteiger partial charge in [0.2, 0.25) is 0 Å². The molecule has 0 bridgehead atoms. The van der Waals surface area contributed by atoms with Crippen molar-refractivity contribution in [3.63, 3.8) is 0 Å². The third-order valence-corrected chi connectivity index (χ3v) is 4.98. The molecule has 8 nitrogen and oxygen atoms in total. The Labute approximate surface area is 194 Å². The molecule has 2 rings (SSSR count). The molecular formula is C25H31N3O5. The number of aldehydes is 1. The van der Waals surface area contributed by atoms with Gasteiger partial charge in [-0.2, -0.15) is 5.26 Å². The minimum Gasteiger partial charge on any atom is -0.497 e. The number of methoxy groups -OCH3 is 1. The van der Waals surface area contributed by atoms with Gasteiger partial charge in [0.1, 0.15) is 36.6 Å². The number of β-amino-alcohol motifs (C(OH)–C–C–N with tert-alkyl or cyclic N) is 1. The zero-order chi connectivity index (χ0) is 24.4. The lowest BCUT2D eigenvalue weighted by atomic mass is 9.94. The molecule has 0 aliphatic carbocycles. The fourth-order valence-corrected chi connectivity index (χ4v) is 3.16. The van der Waals surface area contributed by atoms with E-state index in [9.17, 15) is 20.0 Å². The van der Waals surface area contributed by atoms with Crippen molar-refractivity contribution in [2.24, 2.45) is 0 Å². The number of carbonyl (C=O) groups is 2. The van der Waals surface area contributed by atoms with Crippen LogP contribution in [-0.2, 0) is 11.2 Å². The predicted molar refractivity (Wildman–Crippen MR) is 124 cm³/mol. The summed E-state index contributed by atoms with van der Waals surface area (Å²) in [6, 6.07) is 13.6. The van der Waals surface area contributed by atoms with Crippen LogP contribution in [0.15, 0.2) is 42.5 Å². The lowest BCUT2D eigenvalue weighted by Gasteiger charge is -2.28. The van der Waals surface area contributed by atoms with Crippen molar-refractivity contribution >= 4 is 12.2 Å². The molecule has 2 aromatic carbocycles. The van der Waals surface area contributed by atoms with E-state index in [1.165, 1.54) is 18.2 Å². The number of hydrogen-bond acceptors (Lipinski definition) is 7. The largest absolute Gasteiger partial charge is 0.497 e. The van der Waals surface area contributed by atoms with Crippen molar-refractivity contribution in [2.45, 2.75) is 44.9 Å². The fourth-order valence-electron chi connectivity index (χ4n) is 3.16. The normalized spacial score (nSPS) is 12.8. The number of nitriles is 1. The van der Waals surface area contributed by atoms with E-state index in [1.54, 1.807) is 14.0 Å². The van der Waals surface area contributed by atoms with Crippen molar-refractivity contribution in [1.82, 2.24) is 10.6 Å². The Kier molecular flexibility index (Phi) is 9.40. The lowest BCUT2D eigenvalue weighted by Crippen LogP contribution is -2.46. The number of amides is 1. The summed E-state index contributed by atoms with van der Waals surface area (Å²) in [7, 11) is 1.63. The number of hydrogen-bond donors (Lipinski definition) is 3. The van der Waals surface area contributed by atoms with Gasteiger partial charge in [-0.25, -0.2) is 0 Å². The summed E-state index contributed by atoms with van der Waals surface area (Å²) in [5.41, 5.74) is 1.29. The molecule has 176 valence electrons. The molecule has 2 atom stereocenters. The van der Waals surface area contributed by atoms with E-state index >= 15 is 0 Å². The smallest absolute Gasteiger partial charge is 0.251 e. The second-order valence-electron chi connectivity index (χ2n) is 8.48. The molecule has 2 aromatic rings. The van der Waals surface area contributed by atoms with Gasteiger partial charge < -0.3 is 30.0 Å². The summed E-state index contributed by atoms with van der Waals surface area (Å²) in [6.45, 7) is 5.94. The fraction of sp³-hybridized carbons (Fsp3) is 0.400. The van der Waals surface area contributed by atoms with Crippen LogP contribution >= 0.6 is 0 Å². The molecule has 0 spiro atoms. The van der Waals surface area contributed by atoms with E-state index in [-0.39, 0.29) is 29.0 Å². The van der Waals surface area contributed by atoms with E-state index in [4.69, 9.17) is 9.47 Å². The maximum absolute atomic E-state index is 12.1. The van der Waals surface area contributed by atoms with E-state index < -0.39 is 18.1 Å². The number of rotatable bonds is 12. The van der Waals surface area contributed by atoms with Gasteiger partial charge in [0.25, 0.3) is 5.91 Å². The van der Waals surface area contributed by atoms with Crippen molar-refractivity contribution in [3.05, 3.63) is 59.2 Å². The SMILES string of the molecule is COc1ccc(CC(C)(C)NC[C@@H](O)COc2ccc(C(=O)N[C@@H](C)C=O)cc2C#N)cc1. The number of ether oxygens (including phenoxy) is 2. The number of aliphatic hydroxyl groups excluding tert-OH is 1. The van der Waals surface area contributed by atoms with Crippen LogP contribution in [0.5, 0.6) is 11.5 Å². The molecular weight excluding hydrogens is 422 g/mol. The average Bonchev–Trinajstić information content (AvgIpc) is 2.81. The molecule has 0 heterocycles. The Morgan fingerprint density at radius 3 is 2.55 bits per heavy atom. The Morgan fingerprint density at radius 1 is 1.24 bits per heavy atom. The first kappa shape index (κ1) is 25.8. The molecule has 0 aliphatic rings. The average molecular weight is 454 g/mol. The van der Waals surface area contributed by atoms with Crippen LogP contribution in [0.1, 0.15) is 42.3 Å². The summed E-state index contributed by atoms with van der Waals surface area (Å²) < 4.78 is 10.8. The van der Waals surface area contributed by atoms with Crippen LogP contribution in [0.3, 0.4) is 0 Å². The molecule has 0 aromatic heterocycles. The minimum absolute atomic E-state index is 0.0198. The summed E-state index contributed by atoms with van der Waals surface area (Å²) in [5, 5.41) is 25.6. The van der Waals surface area contributed by atoms with E-state index in [2.05, 4.69) is 10.6 Å². The van der Waals surface area contributed by atoms with E-state index in [0.717, 1.165) is 17.7 Å². The van der Waals surface area contributed by atoms with Gasteiger partial charge in [-0.1, -0.05) is 12.1 Å². The zero-order valence-electron chi connectivity index (χ0n) is 19.4. The topological polar surface area (TPSA) is 121 Å². The summed E-state index contributed by atoms with van der Waals surface area (Å²) in [4.78, 5) is 22.8. The molecule has 0 fully saturated rings. The van der Waals surface area contributed by atoms with Crippen LogP contribution in [0.25, 0.3) is 0 Å². The van der Waals surface area contributed by atoms with Gasteiger partial charge in [0.15, 0.2) is 0 Å². The van der Waals surface area contributed by atoms with Crippen LogP contribution in [0, 0.1) is 11.3 Å². The Balaban J connectivity index is 1.88. The van der Waals surface area contributed by atoms with Gasteiger partial charge in [-0.15, -0.1) is 0 Å². The summed E-state index contributed by atoms with van der Waals surface area (Å²) in [6.07, 6.45) is 0.576. The maximum atomic E-state index is 12.1. The zero-order valence-corrected chi connectivity index (χ0v) is 19.4. The van der Waals surface area contributed by atoms with Crippen LogP contribution < -0.4 is 20.1 Å². The highest BCUT2D eigenvalue weighted by Gasteiger charge is 2.20. The highest BCUT2D eigenvalue weighted by atomic mass is 16.5. The molecule has 0 radical (unpaired) electrons. The van der Waals surface area contributed by atoms with Crippen LogP contribution in [0.4, 0.5) is 0 Å². The molecule has 1 amide bonds. The number of benzene rings is 2. The first-order chi connectivity index (χ1) is 15.7. The maximum Gasteiger partial charge on any atom is 0.251 e. The quantitative estimate of drug-likeness (QED) is 0.422. The van der Waals surface area contributed by atoms with Crippen molar-refractivity contribution in [2.75, 3.05) is 20.3 Å². The van der Waals surface area contributed by atoms with Gasteiger partial charge in [-0.05, 0) is 63.1 Å². The number of carbonyl (C=O) groups excluding carboxylic acids is 2. The molecule has 33 heavy (non-hydrogen) atoms. The summed E-state index contributed by atoms with van der Waals surface area (Å²) >= 11 is 0. The number of nitrogens with one attached hydrogen (secondary N) is 2. The number of aliphatic hydroxyl groups is 1. The third-order valence-electron chi connectivity index (χ3n) is 4.98. The van der Waals surface area contributed by atoms with E-state index in [0.29, 0.717) is 12.8 Å². The van der Waals surface area contributed by atoms with Crippen molar-refractivity contribution in [1.29, 1.82) is 5.26 Å². The Morgan fingerprint density at radius 2 is 1.94 bits per heavy atom. The lowest BCUT2D eigenvalue weighted by molar-refractivity contribution is -0.109. The Bertz CT molecular complexity index is 983. The van der Waals surface area contributed by atoms with Crippen LogP contribution in [0.2, 0.25) is 0 Å². The van der Waals surface area contributed by atoms with Crippen molar-refractivity contribution < 1.29 is 24.2 Å². The summed E-state index contributed by atoms with van der Waals surface area (Å²) in [5.74, 6) is 0.619. The van der Waals surface area contributed by atoms with Gasteiger partial charge in [-0.3, -0.25) is 4.79 Å². The monoisotopic (exact) mass is 453 g/mol. The Hall–Kier alpha value is -3.41. The van der Waals surface area contributed by atoms with Gasteiger partial charge in [0.05, 0.1) is 18.7 Å². The third kappa shape index (κ3) is 8.22. The van der Waals surface area contributed by atoms with Gasteiger partial charge in [0, 0.05) is 17.6 Å². The standard InChI is InChI=1S/C25H31N3O5/c1-17(15-29)28-24(31)19-7-10-23(20(11-19)13-26)33-16-21(30)14-27-25(2,3)12-18-5-8-22(32-4)9-6-18/h5-11,15,17,21,27,30H,12,14,16H2,1-4H3,(H,28,31)/t17-,21+/m0/s1. The molecule has 3 N–H and O–H groups in total. The molecule has 0 unspecified atom stereocenters. The molecule has 0 saturated carbocycles. The highest BCUT2D eigenvalue weighted by molar-refractivity contribution is 5.96. The first-order valence-electron chi connectivity index (χ1n) is 10.7. The predicted octanol–water partition coefficient (Wildman–Crippen LogP) is 2.23. The van der Waals surface area contributed by atoms with E-state index in [1.807, 2.05) is 44.2 Å². The first-order valence-corrected chi connectivity index (χ1v) is 10.7. The minimum atomic E-state index is -0.803. The second-order valence-corrected chi connectivity index (χ2v) is 8.48. The molecule has 0 saturated heterocycles. The van der Waals surface area contributed by atoms with Crippen molar-refractivity contribution in [3.8, 4) is 17.6 Å². The van der Waals surface area contributed by atoms with Crippen LogP contribution in [-0.4, -0.2) is 55.2 Å². The van der Waals surface area contributed by atoms with Gasteiger partial charge >= 0.3 is 0 Å².